The molecule has 0 spiro atoms. The number of hydrogen-bond acceptors (Lipinski definition) is 4. The molecule has 0 saturated heterocycles. The fraction of sp³-hybridized carbons (Fsp3) is 0.455. The normalized spacial score (nSPS) is 16.6. The van der Waals surface area contributed by atoms with Crippen molar-refractivity contribution in [3.8, 4) is 0 Å². The third-order valence-corrected chi connectivity index (χ3v) is 5.09. The Balaban J connectivity index is 2.12. The lowest BCUT2D eigenvalue weighted by Gasteiger charge is -2.14. The Bertz CT molecular complexity index is 449. The van der Waals surface area contributed by atoms with Gasteiger partial charge in [-0.05, 0) is 53.8 Å². The minimum absolute atomic E-state index is 0.161. The molecule has 6 heteroatoms. The number of nitro benzene ring substituents is 1. The molecule has 1 aromatic rings. The van der Waals surface area contributed by atoms with Gasteiger partial charge < -0.3 is 5.32 Å². The molecule has 2 rings (SSSR count). The largest absolute Gasteiger partial charge is 0.378 e. The van der Waals surface area contributed by atoms with E-state index in [1.165, 1.54) is 12.8 Å². The second-order valence-corrected chi connectivity index (χ2v) is 6.68. The van der Waals surface area contributed by atoms with Crippen molar-refractivity contribution >= 4 is 45.7 Å². The molecule has 92 valence electrons. The van der Waals surface area contributed by atoms with E-state index in [1.807, 2.05) is 17.8 Å². The SMILES string of the molecule is CSC1(CNc2ccc(I)cc2[N+](=O)[O-])CC1. The van der Waals surface area contributed by atoms with Gasteiger partial charge in [0, 0.05) is 20.9 Å². The highest BCUT2D eigenvalue weighted by molar-refractivity contribution is 14.1. The highest BCUT2D eigenvalue weighted by Crippen LogP contribution is 2.47. The van der Waals surface area contributed by atoms with Crippen LogP contribution in [0.25, 0.3) is 0 Å². The highest BCUT2D eigenvalue weighted by Gasteiger charge is 2.41. The first-order chi connectivity index (χ1) is 8.06. The van der Waals surface area contributed by atoms with E-state index in [4.69, 9.17) is 0 Å². The molecule has 0 radical (unpaired) electrons. The first-order valence-corrected chi connectivity index (χ1v) is 7.60. The van der Waals surface area contributed by atoms with Gasteiger partial charge in [0.2, 0.25) is 0 Å². The number of nitro groups is 1. The van der Waals surface area contributed by atoms with Crippen LogP contribution in [0.2, 0.25) is 0 Å². The maximum Gasteiger partial charge on any atom is 0.293 e. The van der Waals surface area contributed by atoms with Crippen molar-refractivity contribution < 1.29 is 4.92 Å². The Hall–Kier alpha value is -0.500. The number of anilines is 1. The minimum atomic E-state index is -0.330. The fourth-order valence-electron chi connectivity index (χ4n) is 1.65. The maximum atomic E-state index is 10.9. The van der Waals surface area contributed by atoms with Gasteiger partial charge in [0.1, 0.15) is 5.69 Å². The zero-order valence-electron chi connectivity index (χ0n) is 9.40. The summed E-state index contributed by atoms with van der Waals surface area (Å²) < 4.78 is 1.18. The van der Waals surface area contributed by atoms with E-state index in [1.54, 1.807) is 12.1 Å². The van der Waals surface area contributed by atoms with Crippen LogP contribution >= 0.6 is 34.4 Å². The van der Waals surface area contributed by atoms with E-state index < -0.39 is 0 Å². The van der Waals surface area contributed by atoms with E-state index in [-0.39, 0.29) is 10.6 Å². The molecule has 1 aliphatic rings. The summed E-state index contributed by atoms with van der Waals surface area (Å²) in [4.78, 5) is 10.6. The summed E-state index contributed by atoms with van der Waals surface area (Å²) >= 11 is 3.92. The smallest absolute Gasteiger partial charge is 0.293 e. The van der Waals surface area contributed by atoms with Gasteiger partial charge in [-0.25, -0.2) is 0 Å². The lowest BCUT2D eigenvalue weighted by Crippen LogP contribution is -2.18. The minimum Gasteiger partial charge on any atom is -0.378 e. The molecule has 0 atom stereocenters. The average Bonchev–Trinajstić information content (AvgIpc) is 3.08. The van der Waals surface area contributed by atoms with Gasteiger partial charge in [0.25, 0.3) is 5.69 Å². The van der Waals surface area contributed by atoms with Crippen LogP contribution in [0, 0.1) is 13.7 Å². The Morgan fingerprint density at radius 2 is 2.29 bits per heavy atom. The van der Waals surface area contributed by atoms with Crippen molar-refractivity contribution in [3.05, 3.63) is 31.9 Å². The number of nitrogens with one attached hydrogen (secondary N) is 1. The van der Waals surface area contributed by atoms with E-state index in [2.05, 4.69) is 34.2 Å². The van der Waals surface area contributed by atoms with Crippen molar-refractivity contribution in [2.75, 3.05) is 18.1 Å². The molecular formula is C11H13IN2O2S. The lowest BCUT2D eigenvalue weighted by molar-refractivity contribution is -0.384. The maximum absolute atomic E-state index is 10.9. The third-order valence-electron chi connectivity index (χ3n) is 3.00. The first-order valence-electron chi connectivity index (χ1n) is 5.29. The Kier molecular flexibility index (Phi) is 3.82. The molecule has 17 heavy (non-hydrogen) atoms. The number of rotatable bonds is 5. The standard InChI is InChI=1S/C11H13IN2O2S/c1-17-11(4-5-11)7-13-9-3-2-8(12)6-10(9)14(15)16/h2-3,6,13H,4-5,7H2,1H3. The lowest BCUT2D eigenvalue weighted by atomic mass is 10.2. The summed E-state index contributed by atoms with van der Waals surface area (Å²) in [5.74, 6) is 0. The van der Waals surface area contributed by atoms with E-state index in [0.717, 1.165) is 10.1 Å². The first kappa shape index (κ1) is 12.9. The molecule has 4 nitrogen and oxygen atoms in total. The van der Waals surface area contributed by atoms with Crippen molar-refractivity contribution in [2.45, 2.75) is 17.6 Å². The second-order valence-electron chi connectivity index (χ2n) is 4.16. The monoisotopic (exact) mass is 364 g/mol. The molecule has 1 fully saturated rings. The van der Waals surface area contributed by atoms with Crippen LogP contribution in [0.1, 0.15) is 12.8 Å². The zero-order valence-corrected chi connectivity index (χ0v) is 12.4. The molecule has 0 amide bonds. The Morgan fingerprint density at radius 3 is 2.82 bits per heavy atom. The van der Waals surface area contributed by atoms with Crippen LogP contribution in [0.4, 0.5) is 11.4 Å². The Morgan fingerprint density at radius 1 is 1.59 bits per heavy atom. The average molecular weight is 364 g/mol. The fourth-order valence-corrected chi connectivity index (χ4v) is 2.86. The van der Waals surface area contributed by atoms with Gasteiger partial charge in [-0.3, -0.25) is 10.1 Å². The van der Waals surface area contributed by atoms with Crippen LogP contribution in [-0.4, -0.2) is 22.5 Å². The van der Waals surface area contributed by atoms with Crippen molar-refractivity contribution in [1.29, 1.82) is 0 Å². The predicted octanol–water partition coefficient (Wildman–Crippen LogP) is 3.51. The van der Waals surface area contributed by atoms with Crippen LogP contribution in [0.5, 0.6) is 0 Å². The molecule has 0 aromatic heterocycles. The molecule has 1 N–H and O–H groups in total. The highest BCUT2D eigenvalue weighted by atomic mass is 127. The van der Waals surface area contributed by atoms with Crippen LogP contribution in [0.15, 0.2) is 18.2 Å². The second kappa shape index (κ2) is 5.01. The van der Waals surface area contributed by atoms with E-state index >= 15 is 0 Å². The summed E-state index contributed by atoms with van der Waals surface area (Å²) in [5, 5.41) is 14.2. The molecule has 1 aromatic carbocycles. The number of thioether (sulfide) groups is 1. The molecule has 0 unspecified atom stereocenters. The summed E-state index contributed by atoms with van der Waals surface area (Å²) in [5.41, 5.74) is 0.782. The van der Waals surface area contributed by atoms with Gasteiger partial charge in [-0.15, -0.1) is 0 Å². The van der Waals surface area contributed by atoms with Crippen molar-refractivity contribution in [2.24, 2.45) is 0 Å². The van der Waals surface area contributed by atoms with Crippen molar-refractivity contribution in [1.82, 2.24) is 0 Å². The van der Waals surface area contributed by atoms with Crippen molar-refractivity contribution in [3.63, 3.8) is 0 Å². The topological polar surface area (TPSA) is 55.2 Å². The van der Waals surface area contributed by atoms with E-state index in [0.29, 0.717) is 10.4 Å². The molecular weight excluding hydrogens is 351 g/mol. The molecule has 1 saturated carbocycles. The molecule has 0 bridgehead atoms. The molecule has 1 aliphatic carbocycles. The number of halogens is 1. The van der Waals surface area contributed by atoms with Gasteiger partial charge in [-0.2, -0.15) is 11.8 Å². The van der Waals surface area contributed by atoms with E-state index in [9.17, 15) is 10.1 Å². The van der Waals surface area contributed by atoms with Gasteiger partial charge in [0.15, 0.2) is 0 Å². The third kappa shape index (κ3) is 3.04. The number of hydrogen-bond donors (Lipinski definition) is 1. The summed E-state index contributed by atoms with van der Waals surface area (Å²) in [6.45, 7) is 0.801. The quantitative estimate of drug-likeness (QED) is 0.494. The summed E-state index contributed by atoms with van der Waals surface area (Å²) in [7, 11) is 0. The van der Waals surface area contributed by atoms with Crippen LogP contribution in [-0.2, 0) is 0 Å². The van der Waals surface area contributed by atoms with Gasteiger partial charge in [-0.1, -0.05) is 0 Å². The van der Waals surface area contributed by atoms with Crippen LogP contribution < -0.4 is 5.32 Å². The molecule has 0 aliphatic heterocycles. The van der Waals surface area contributed by atoms with Gasteiger partial charge in [0.05, 0.1) is 4.92 Å². The van der Waals surface area contributed by atoms with Crippen LogP contribution in [0.3, 0.4) is 0 Å². The Labute approximate surface area is 118 Å². The summed E-state index contributed by atoms with van der Waals surface area (Å²) in [6, 6.07) is 5.27. The number of nitrogens with zero attached hydrogens (tertiary/aromatic N) is 1. The summed E-state index contributed by atoms with van der Waals surface area (Å²) in [6.07, 6.45) is 4.48. The number of benzene rings is 1. The predicted molar refractivity (Wildman–Crippen MR) is 79.8 cm³/mol. The zero-order chi connectivity index (χ0) is 12.5. The van der Waals surface area contributed by atoms with Gasteiger partial charge >= 0.3 is 0 Å². The molecule has 0 heterocycles.